The zero-order valence-corrected chi connectivity index (χ0v) is 20.6. The van der Waals surface area contributed by atoms with E-state index in [2.05, 4.69) is 6.92 Å². The van der Waals surface area contributed by atoms with Gasteiger partial charge in [0.1, 0.15) is 12.4 Å². The van der Waals surface area contributed by atoms with Crippen molar-refractivity contribution < 1.29 is 23.1 Å². The number of nitrogens with zero attached hydrogens (tertiary/aromatic N) is 1. The molecule has 3 aromatic carbocycles. The molecule has 8 heteroatoms. The molecule has 180 valence electrons. The second-order valence-electron chi connectivity index (χ2n) is 7.85. The first-order valence-corrected chi connectivity index (χ1v) is 13.0. The minimum atomic E-state index is -3.85. The summed E-state index contributed by atoms with van der Waals surface area (Å²) in [4.78, 5) is 11.3. The van der Waals surface area contributed by atoms with Crippen LogP contribution in [-0.2, 0) is 16.6 Å². The summed E-state index contributed by atoms with van der Waals surface area (Å²) >= 11 is 6.27. The normalized spacial score (nSPS) is 11.2. The van der Waals surface area contributed by atoms with Crippen molar-refractivity contribution in [2.75, 3.05) is 10.8 Å². The third-order valence-corrected chi connectivity index (χ3v) is 7.39. The topological polar surface area (TPSA) is 83.9 Å². The lowest BCUT2D eigenvalue weighted by Crippen LogP contribution is -2.32. The molecule has 3 rings (SSSR count). The quantitative estimate of drug-likeness (QED) is 0.290. The number of carbonyl (C=O) groups is 1. The van der Waals surface area contributed by atoms with Crippen LogP contribution < -0.4 is 9.04 Å². The molecule has 0 radical (unpaired) electrons. The van der Waals surface area contributed by atoms with E-state index in [4.69, 9.17) is 21.4 Å². The Kier molecular flexibility index (Phi) is 8.96. The van der Waals surface area contributed by atoms with Gasteiger partial charge in [0.05, 0.1) is 16.1 Å². The van der Waals surface area contributed by atoms with Gasteiger partial charge in [-0.2, -0.15) is 0 Å². The van der Waals surface area contributed by atoms with Crippen LogP contribution in [0.1, 0.15) is 48.5 Å². The van der Waals surface area contributed by atoms with Gasteiger partial charge in [0.15, 0.2) is 0 Å². The number of unbranched alkanes of at least 4 members (excludes halogenated alkanes) is 3. The number of halogens is 1. The second-order valence-corrected chi connectivity index (χ2v) is 10.2. The van der Waals surface area contributed by atoms with Crippen LogP contribution in [0.25, 0.3) is 0 Å². The summed E-state index contributed by atoms with van der Waals surface area (Å²) in [6.07, 6.45) is 3.66. The predicted molar refractivity (Wildman–Crippen MR) is 134 cm³/mol. The van der Waals surface area contributed by atoms with E-state index in [9.17, 15) is 13.2 Å². The fourth-order valence-electron chi connectivity index (χ4n) is 3.48. The van der Waals surface area contributed by atoms with Crippen LogP contribution >= 0.6 is 11.6 Å². The van der Waals surface area contributed by atoms with Gasteiger partial charge in [-0.15, -0.1) is 0 Å². The number of anilines is 1. The third kappa shape index (κ3) is 6.52. The fourth-order valence-corrected chi connectivity index (χ4v) is 5.18. The van der Waals surface area contributed by atoms with E-state index in [-0.39, 0.29) is 17.1 Å². The Morgan fingerprint density at radius 2 is 1.68 bits per heavy atom. The highest BCUT2D eigenvalue weighted by atomic mass is 35.5. The minimum Gasteiger partial charge on any atom is -0.487 e. The monoisotopic (exact) mass is 501 g/mol. The average molecular weight is 502 g/mol. The number of carboxylic acid groups (broad SMARTS) is 1. The lowest BCUT2D eigenvalue weighted by atomic mass is 10.1. The lowest BCUT2D eigenvalue weighted by molar-refractivity contribution is 0.0697. The molecule has 1 N–H and O–H groups in total. The number of carboxylic acids is 1. The van der Waals surface area contributed by atoms with Gasteiger partial charge >= 0.3 is 5.97 Å². The highest BCUT2D eigenvalue weighted by molar-refractivity contribution is 7.92. The number of hydrogen-bond donors (Lipinski definition) is 1. The summed E-state index contributed by atoms with van der Waals surface area (Å²) < 4.78 is 34.6. The maximum atomic E-state index is 13.6. The zero-order chi connectivity index (χ0) is 24.6. The largest absolute Gasteiger partial charge is 0.487 e. The van der Waals surface area contributed by atoms with Gasteiger partial charge in [-0.3, -0.25) is 4.31 Å². The summed E-state index contributed by atoms with van der Waals surface area (Å²) in [6, 6.07) is 19.6. The number of ether oxygens (including phenoxy) is 1. The molecule has 6 nitrogen and oxygen atoms in total. The summed E-state index contributed by atoms with van der Waals surface area (Å²) in [5, 5.41) is 9.47. The molecule has 0 atom stereocenters. The lowest BCUT2D eigenvalue weighted by Gasteiger charge is -2.27. The van der Waals surface area contributed by atoms with Crippen molar-refractivity contribution in [3.05, 3.63) is 88.9 Å². The highest BCUT2D eigenvalue weighted by Crippen LogP contribution is 2.36. The molecular weight excluding hydrogens is 474 g/mol. The van der Waals surface area contributed by atoms with Crippen molar-refractivity contribution in [1.82, 2.24) is 0 Å². The molecule has 0 aliphatic carbocycles. The molecule has 0 heterocycles. The van der Waals surface area contributed by atoms with Crippen LogP contribution in [0.3, 0.4) is 0 Å². The summed E-state index contributed by atoms with van der Waals surface area (Å²) in [7, 11) is -3.85. The molecule has 0 bridgehead atoms. The van der Waals surface area contributed by atoms with E-state index in [0.717, 1.165) is 24.8 Å². The summed E-state index contributed by atoms with van der Waals surface area (Å²) in [5.41, 5.74) is 1.31. The Morgan fingerprint density at radius 3 is 2.32 bits per heavy atom. The standard InChI is InChI=1S/C26H28ClNO5S/c1-2-3-4-8-17-28(34(31,32)23-9-6-5-7-10-23)24-18-22(27)15-16-25(24)33-19-20-11-13-21(14-12-20)26(29)30/h5-7,9-16,18H,2-4,8,17,19H2,1H3,(H,29,30). The molecule has 0 spiro atoms. The molecule has 0 aromatic heterocycles. The first-order chi connectivity index (χ1) is 16.3. The van der Waals surface area contributed by atoms with E-state index in [0.29, 0.717) is 29.4 Å². The molecular formula is C26H28ClNO5S. The number of hydrogen-bond acceptors (Lipinski definition) is 4. The van der Waals surface area contributed by atoms with Crippen LogP contribution in [0.2, 0.25) is 5.02 Å². The Hall–Kier alpha value is -3.03. The van der Waals surface area contributed by atoms with Crippen molar-refractivity contribution in [3.63, 3.8) is 0 Å². The Bertz CT molecular complexity index is 1200. The molecule has 3 aromatic rings. The van der Waals surface area contributed by atoms with Gasteiger partial charge in [0, 0.05) is 11.6 Å². The number of rotatable bonds is 12. The number of benzene rings is 3. The van der Waals surface area contributed by atoms with Crippen LogP contribution in [0.15, 0.2) is 77.7 Å². The second kappa shape index (κ2) is 11.9. The summed E-state index contributed by atoms with van der Waals surface area (Å²) in [6.45, 7) is 2.54. The molecule has 34 heavy (non-hydrogen) atoms. The first-order valence-electron chi connectivity index (χ1n) is 11.2. The Balaban J connectivity index is 1.93. The average Bonchev–Trinajstić information content (AvgIpc) is 2.84. The van der Waals surface area contributed by atoms with Crippen LogP contribution in [0.5, 0.6) is 5.75 Å². The smallest absolute Gasteiger partial charge is 0.335 e. The minimum absolute atomic E-state index is 0.142. The van der Waals surface area contributed by atoms with E-state index in [1.807, 2.05) is 0 Å². The van der Waals surface area contributed by atoms with Gasteiger partial charge in [-0.25, -0.2) is 13.2 Å². The highest BCUT2D eigenvalue weighted by Gasteiger charge is 2.27. The van der Waals surface area contributed by atoms with Gasteiger partial charge in [-0.1, -0.05) is 68.1 Å². The SMILES string of the molecule is CCCCCCN(c1cc(Cl)ccc1OCc1ccc(C(=O)O)cc1)S(=O)(=O)c1ccccc1. The maximum absolute atomic E-state index is 13.6. The van der Waals surface area contributed by atoms with Crippen LogP contribution in [0.4, 0.5) is 5.69 Å². The molecule has 0 unspecified atom stereocenters. The van der Waals surface area contributed by atoms with Crippen molar-refractivity contribution in [2.24, 2.45) is 0 Å². The molecule has 0 amide bonds. The molecule has 0 saturated carbocycles. The summed E-state index contributed by atoms with van der Waals surface area (Å²) in [5.74, 6) is -0.626. The zero-order valence-electron chi connectivity index (χ0n) is 19.0. The number of aromatic carboxylic acids is 1. The van der Waals surface area contributed by atoms with E-state index < -0.39 is 16.0 Å². The van der Waals surface area contributed by atoms with Gasteiger partial charge < -0.3 is 9.84 Å². The van der Waals surface area contributed by atoms with E-state index in [1.54, 1.807) is 60.7 Å². The third-order valence-electron chi connectivity index (χ3n) is 5.33. The molecule has 0 aliphatic rings. The van der Waals surface area contributed by atoms with Gasteiger partial charge in [0.25, 0.3) is 10.0 Å². The van der Waals surface area contributed by atoms with E-state index in [1.165, 1.54) is 16.4 Å². The first kappa shape index (κ1) is 25.6. The predicted octanol–water partition coefficient (Wildman–Crippen LogP) is 6.39. The van der Waals surface area contributed by atoms with Gasteiger partial charge in [0.2, 0.25) is 0 Å². The van der Waals surface area contributed by atoms with Crippen LogP contribution in [-0.4, -0.2) is 26.0 Å². The Labute approximate surface area is 205 Å². The molecule has 0 fully saturated rings. The number of sulfonamides is 1. The van der Waals surface area contributed by atoms with E-state index >= 15 is 0 Å². The molecule has 0 saturated heterocycles. The molecule has 0 aliphatic heterocycles. The van der Waals surface area contributed by atoms with Crippen molar-refractivity contribution in [2.45, 2.75) is 44.1 Å². The Morgan fingerprint density at radius 1 is 0.971 bits per heavy atom. The van der Waals surface area contributed by atoms with Crippen molar-refractivity contribution in [1.29, 1.82) is 0 Å². The van der Waals surface area contributed by atoms with Crippen molar-refractivity contribution >= 4 is 33.3 Å². The maximum Gasteiger partial charge on any atom is 0.335 e. The van der Waals surface area contributed by atoms with Crippen molar-refractivity contribution in [3.8, 4) is 5.75 Å². The van der Waals surface area contributed by atoms with Gasteiger partial charge in [-0.05, 0) is 54.4 Å². The fraction of sp³-hybridized carbons (Fsp3) is 0.269. The van der Waals surface area contributed by atoms with Crippen LogP contribution in [0, 0.1) is 0 Å².